The molecular weight excluding hydrogens is 1940 g/mol. The molecule has 128 heavy (non-hydrogen) atoms. The lowest BCUT2D eigenvalue weighted by atomic mass is 9.78. The maximum absolute atomic E-state index is 12.8. The van der Waals surface area contributed by atoms with E-state index in [-0.39, 0.29) is 60.1 Å². The molecule has 1 aliphatic rings. The van der Waals surface area contributed by atoms with Crippen LogP contribution in [0.3, 0.4) is 0 Å². The maximum atomic E-state index is 12.8. The van der Waals surface area contributed by atoms with Crippen LogP contribution in [0.5, 0.6) is 0 Å². The summed E-state index contributed by atoms with van der Waals surface area (Å²) in [5.74, 6) is -44.0. The highest BCUT2D eigenvalue weighted by molar-refractivity contribution is 5.02. The Kier molecular flexibility index (Phi) is 114. The molecule has 0 heterocycles. The van der Waals surface area contributed by atoms with E-state index in [1.807, 2.05) is 0 Å². The van der Waals surface area contributed by atoms with Crippen LogP contribution in [0, 0.1) is 28.6 Å². The normalized spacial score (nSPS) is 15.9. The fourth-order valence-electron chi connectivity index (χ4n) is 6.37. The molecule has 0 aromatic rings. The Morgan fingerprint density at radius 3 is 0.484 bits per heavy atom. The highest BCUT2D eigenvalue weighted by atomic mass is 19.4. The molecule has 1 rings (SSSR count). The molecule has 0 bridgehead atoms. The Balaban J connectivity index is -0.0000000523. The summed E-state index contributed by atoms with van der Waals surface area (Å²) in [6, 6.07) is 0. The summed E-state index contributed by atoms with van der Waals surface area (Å²) in [7, 11) is 6.50. The molecule has 810 valence electrons. The third-order valence-corrected chi connectivity index (χ3v) is 13.2. The van der Waals surface area contributed by atoms with Crippen LogP contribution in [-0.2, 0) is 9.47 Å². The molecule has 0 aliphatic heterocycles. The van der Waals surface area contributed by atoms with Crippen molar-refractivity contribution < 1.29 is 256 Å². The lowest BCUT2D eigenvalue weighted by Crippen LogP contribution is -2.57. The molecule has 0 amide bonds. The Hall–Kier alpha value is -4.00. The van der Waals surface area contributed by atoms with Gasteiger partial charge in [-0.15, -0.1) is 0 Å². The summed E-state index contributed by atoms with van der Waals surface area (Å²) < 4.78 is 647. The minimum absolute atomic E-state index is 0. The second-order valence-electron chi connectivity index (χ2n) is 26.5. The first-order valence-electron chi connectivity index (χ1n) is 33.6. The Morgan fingerprint density at radius 2 is 0.398 bits per heavy atom. The van der Waals surface area contributed by atoms with E-state index in [2.05, 4.69) is 30.2 Å². The molecule has 0 N–H and O–H groups in total. The average molecular weight is 2060 g/mol. The average Bonchev–Trinajstić information content (AvgIpc) is 0.775. The monoisotopic (exact) mass is 2060 g/mol. The summed E-state index contributed by atoms with van der Waals surface area (Å²) in [6.07, 6.45) is -26.5. The van der Waals surface area contributed by atoms with Gasteiger partial charge >= 0.3 is 48.1 Å². The third kappa shape index (κ3) is 89.8. The SMILES string of the molecule is CC(F)(F)C(C)(C)CF.CC(F)(F)C(C)(CF)CF.CC(F)(F)CC(F)(F)C(F)(F)C(C)(F)CF.CC(F)(F)CC(F)(F)C(F)(F)C(C)(F)CF.CC(F)(F)CC(F)(F)OC(F)(F)C(C)(F)CF.CC(F)(F)CC(F)(F)OC(F)(F)C(C)(F)CF.CC(F)(F)CCF.CC1CC(C)CC(C)C1.CF.CF.CF.CF.CF.CF.CF.CF.CF.CF.CF.CF.CF.F. The zero-order valence-electron chi connectivity index (χ0n) is 75.6. The molecular formula is C70H126F56O2. The van der Waals surface area contributed by atoms with Crippen LogP contribution in [0.4, 0.5) is 246 Å². The summed E-state index contributed by atoms with van der Waals surface area (Å²) in [5, 5.41) is 0. The van der Waals surface area contributed by atoms with E-state index in [0.717, 1.165) is 31.6 Å². The van der Waals surface area contributed by atoms with Crippen LogP contribution in [0.25, 0.3) is 0 Å². The zero-order chi connectivity index (χ0) is 110. The van der Waals surface area contributed by atoms with Crippen LogP contribution >= 0.6 is 0 Å². The van der Waals surface area contributed by atoms with Crippen LogP contribution < -0.4 is 0 Å². The van der Waals surface area contributed by atoms with Crippen molar-refractivity contribution in [1.82, 2.24) is 0 Å². The number of ether oxygens (including phenoxy) is 2. The fourth-order valence-corrected chi connectivity index (χ4v) is 6.37. The molecule has 1 aliphatic carbocycles. The van der Waals surface area contributed by atoms with E-state index in [1.54, 1.807) is 0 Å². The van der Waals surface area contributed by atoms with Crippen molar-refractivity contribution in [1.29, 1.82) is 0 Å². The van der Waals surface area contributed by atoms with Gasteiger partial charge in [-0.1, -0.05) is 34.6 Å². The summed E-state index contributed by atoms with van der Waals surface area (Å²) in [4.78, 5) is 0. The highest BCUT2D eigenvalue weighted by Gasteiger charge is 2.71. The topological polar surface area (TPSA) is 18.5 Å². The quantitative estimate of drug-likeness (QED) is 0.0695. The summed E-state index contributed by atoms with van der Waals surface area (Å²) in [6.45, 7) is -1.82. The smallest absolute Gasteiger partial charge is 0.269 e. The van der Waals surface area contributed by atoms with Gasteiger partial charge in [0.15, 0.2) is 0 Å². The van der Waals surface area contributed by atoms with Crippen LogP contribution in [0.1, 0.15) is 169 Å². The fraction of sp³-hybridized carbons (Fsp3) is 1.00. The molecule has 58 heteroatoms. The summed E-state index contributed by atoms with van der Waals surface area (Å²) in [5.41, 5.74) is -20.1. The van der Waals surface area contributed by atoms with Gasteiger partial charge in [-0.25, -0.2) is 96.6 Å². The number of rotatable bonds is 29. The van der Waals surface area contributed by atoms with Gasteiger partial charge in [0, 0.05) is 13.3 Å². The van der Waals surface area contributed by atoms with Crippen LogP contribution in [-0.4, -0.2) is 259 Å². The van der Waals surface area contributed by atoms with Crippen molar-refractivity contribution in [3.63, 3.8) is 0 Å². The third-order valence-electron chi connectivity index (χ3n) is 13.2. The Morgan fingerprint density at radius 1 is 0.227 bits per heavy atom. The van der Waals surface area contributed by atoms with Crippen LogP contribution in [0.15, 0.2) is 0 Å². The number of alkyl halides is 55. The zero-order valence-corrected chi connectivity index (χ0v) is 75.6. The van der Waals surface area contributed by atoms with E-state index in [1.165, 1.54) is 33.1 Å². The van der Waals surface area contributed by atoms with E-state index in [0.29, 0.717) is 107 Å². The number of hydrogen-bond acceptors (Lipinski definition) is 2. The minimum atomic E-state index is -5.51. The van der Waals surface area contributed by atoms with Crippen molar-refractivity contribution in [3.05, 3.63) is 0 Å². The highest BCUT2D eigenvalue weighted by Crippen LogP contribution is 2.52. The van der Waals surface area contributed by atoms with Gasteiger partial charge < -0.3 is 0 Å². The summed E-state index contributed by atoms with van der Waals surface area (Å²) >= 11 is 0. The standard InChI is InChI=1S/C9H18.2C8H10F8O.2C8H10F8.C6H10F4.C6H11F3.C4H7F3.13CH3F.FH/c1-7-4-8(2)6-9(3)5-7;2*1-5(10,4-9)8(15,16)17-7(13,14)3-6(2,11)12;2*1-5(10,4-9)8(15,16)7(13,14)3-6(2,11)12;1-5(3-7,4-8)6(2,9)10;1-5(2,4-7)6(3,8)9;1-4(6,7)2-3-5;13*1-2;/h7-9H,4-6H2,1-3H3;2*3-4H2,1-2H3;2*3-4H2,1-2H3;3-4H2,1-2H3;4H2,1-3H3;2-3H2,1H3;13*1H3;1H. The van der Waals surface area contributed by atoms with Gasteiger partial charge in [-0.05, 0) is 113 Å². The molecule has 0 saturated heterocycles. The predicted molar refractivity (Wildman–Crippen MR) is 382 cm³/mol. The Bertz CT molecular complexity index is 2100. The molecule has 1 fully saturated rings. The van der Waals surface area contributed by atoms with Crippen molar-refractivity contribution >= 4 is 0 Å². The maximum Gasteiger partial charge on any atom is 0.396 e. The van der Waals surface area contributed by atoms with E-state index in [9.17, 15) is 241 Å². The first-order chi connectivity index (χ1) is 56.4. The predicted octanol–water partition coefficient (Wildman–Crippen LogP) is 33.9. The van der Waals surface area contributed by atoms with Gasteiger partial charge in [-0.2, -0.15) is 70.2 Å². The van der Waals surface area contributed by atoms with Crippen molar-refractivity contribution in [2.45, 2.75) is 281 Å². The molecule has 4 unspecified atom stereocenters. The molecule has 0 spiro atoms. The lowest BCUT2D eigenvalue weighted by Gasteiger charge is -2.35. The number of hydrogen-bond donors (Lipinski definition) is 0. The largest absolute Gasteiger partial charge is 0.396 e. The van der Waals surface area contributed by atoms with Crippen LogP contribution in [0.2, 0.25) is 0 Å². The lowest BCUT2D eigenvalue weighted by molar-refractivity contribution is -0.418. The molecule has 2 nitrogen and oxygen atoms in total. The molecule has 1 saturated carbocycles. The first-order valence-corrected chi connectivity index (χ1v) is 33.6. The van der Waals surface area contributed by atoms with Gasteiger partial charge in [0.25, 0.3) is 35.5 Å². The number of halogens is 56. The van der Waals surface area contributed by atoms with Gasteiger partial charge in [0.1, 0.15) is 59.6 Å². The first kappa shape index (κ1) is 177. The molecule has 4 atom stereocenters. The van der Waals surface area contributed by atoms with Gasteiger partial charge in [0.05, 0.1) is 124 Å². The minimum Gasteiger partial charge on any atom is -0.269 e. The van der Waals surface area contributed by atoms with Gasteiger partial charge in [0.2, 0.25) is 28.6 Å². The Labute approximate surface area is 711 Å². The van der Waals surface area contributed by atoms with E-state index < -0.39 is 209 Å². The van der Waals surface area contributed by atoms with Gasteiger partial charge in [-0.3, -0.25) is 88.8 Å². The molecule has 0 aromatic heterocycles. The molecule has 0 aromatic carbocycles. The van der Waals surface area contributed by atoms with E-state index in [4.69, 9.17) is 0 Å². The van der Waals surface area contributed by atoms with Crippen molar-refractivity contribution in [3.8, 4) is 0 Å². The van der Waals surface area contributed by atoms with Crippen molar-refractivity contribution in [2.24, 2.45) is 28.6 Å². The van der Waals surface area contributed by atoms with Crippen molar-refractivity contribution in [2.75, 3.05) is 147 Å². The second kappa shape index (κ2) is 82.5. The molecule has 0 radical (unpaired) electrons. The van der Waals surface area contributed by atoms with E-state index >= 15 is 0 Å². The second-order valence-corrected chi connectivity index (χ2v) is 26.5.